The molecule has 0 fully saturated rings. The normalized spacial score (nSPS) is 12.7. The summed E-state index contributed by atoms with van der Waals surface area (Å²) in [5.74, 6) is -2.26. The minimum absolute atomic E-state index is 0.152. The Kier molecular flexibility index (Phi) is 54.7. The van der Waals surface area contributed by atoms with Crippen LogP contribution in [-0.4, -0.2) is 82.3 Å². The van der Waals surface area contributed by atoms with E-state index in [4.69, 9.17) is 18.9 Å². The van der Waals surface area contributed by atoms with Crippen LogP contribution in [0.1, 0.15) is 322 Å². The predicted octanol–water partition coefficient (Wildman–Crippen LogP) is 17.6. The Bertz CT molecular complexity index is 1200. The first-order chi connectivity index (χ1) is 35.6. The van der Waals surface area contributed by atoms with Gasteiger partial charge in [0.05, 0.1) is 40.3 Å². The van der Waals surface area contributed by atoms with Crippen LogP contribution in [0.2, 0.25) is 0 Å². The Labute approximate surface area is 453 Å². The molecule has 9 heteroatoms. The minimum atomic E-state index is -1.61. The SMILES string of the molecule is CCCCCCCCCC/C=C\CCCCCCCCCCCCCCCCCCCCCCCCCC(=O)OC(COC(=O)CCCCCCCCCCCCCCC)COC(OCC[N+](C)(C)C)C(=O)[O-]. The lowest BCUT2D eigenvalue weighted by atomic mass is 10.0. The summed E-state index contributed by atoms with van der Waals surface area (Å²) >= 11 is 0. The molecule has 0 N–H and O–H groups in total. The van der Waals surface area contributed by atoms with Crippen LogP contribution >= 0.6 is 0 Å². The van der Waals surface area contributed by atoms with Crippen molar-refractivity contribution in [3.63, 3.8) is 0 Å². The molecule has 0 radical (unpaired) electrons. The maximum absolute atomic E-state index is 12.9. The van der Waals surface area contributed by atoms with Crippen LogP contribution in [0, 0.1) is 0 Å². The molecule has 0 aromatic carbocycles. The molecule has 0 bridgehead atoms. The summed E-state index contributed by atoms with van der Waals surface area (Å²) in [5.41, 5.74) is 0. The van der Waals surface area contributed by atoms with Gasteiger partial charge in [0.2, 0.25) is 0 Å². The van der Waals surface area contributed by atoms with E-state index in [1.807, 2.05) is 21.1 Å². The number of unbranched alkanes of at least 4 members (excludes halogenated alkanes) is 43. The van der Waals surface area contributed by atoms with Gasteiger partial charge in [-0.3, -0.25) is 9.59 Å². The molecule has 2 unspecified atom stereocenters. The summed E-state index contributed by atoms with van der Waals surface area (Å²) in [6.07, 6.45) is 63.0. The Morgan fingerprint density at radius 1 is 0.397 bits per heavy atom. The molecule has 0 aliphatic carbocycles. The van der Waals surface area contributed by atoms with Gasteiger partial charge in [0.25, 0.3) is 0 Å². The molecule has 0 aromatic rings. The zero-order valence-electron chi connectivity index (χ0n) is 49.3. The van der Waals surface area contributed by atoms with E-state index in [0.717, 1.165) is 38.5 Å². The molecule has 0 aliphatic heterocycles. The van der Waals surface area contributed by atoms with Crippen molar-refractivity contribution >= 4 is 17.9 Å². The van der Waals surface area contributed by atoms with Crippen molar-refractivity contribution in [3.8, 4) is 0 Å². The van der Waals surface area contributed by atoms with E-state index >= 15 is 0 Å². The standard InChI is InChI=1S/C64H123NO8/c1-6-8-10-12-14-16-18-20-21-22-23-24-25-26-27-28-29-30-31-32-33-34-35-36-37-38-39-40-41-43-45-47-49-51-53-55-62(67)73-60(59-72-64(63(68)69)70-57-56-65(3,4)5)58-71-61(66)54-52-50-48-46-44-42-19-17-15-13-11-9-7-2/h22-23,60,64H,6-21,24-59H2,1-5H3/b23-22-. The Balaban J connectivity index is 3.96. The number of aliphatic carboxylic acids is 1. The highest BCUT2D eigenvalue weighted by atomic mass is 16.7. The van der Waals surface area contributed by atoms with Gasteiger partial charge in [0.15, 0.2) is 12.4 Å². The number of hydrogen-bond donors (Lipinski definition) is 0. The topological polar surface area (TPSA) is 111 Å². The van der Waals surface area contributed by atoms with Gasteiger partial charge in [-0.1, -0.05) is 283 Å². The van der Waals surface area contributed by atoms with E-state index in [1.54, 1.807) is 0 Å². The van der Waals surface area contributed by atoms with Crippen molar-refractivity contribution in [2.45, 2.75) is 334 Å². The number of esters is 2. The van der Waals surface area contributed by atoms with E-state index in [-0.39, 0.29) is 32.2 Å². The van der Waals surface area contributed by atoms with Crippen LogP contribution in [-0.2, 0) is 33.3 Å². The second kappa shape index (κ2) is 56.2. The monoisotopic (exact) mass is 1030 g/mol. The van der Waals surface area contributed by atoms with Gasteiger partial charge in [-0.2, -0.15) is 0 Å². The lowest BCUT2D eigenvalue weighted by Crippen LogP contribution is -2.44. The molecule has 9 nitrogen and oxygen atoms in total. The molecule has 0 heterocycles. The second-order valence-electron chi connectivity index (χ2n) is 23.1. The largest absolute Gasteiger partial charge is 0.545 e. The van der Waals surface area contributed by atoms with Gasteiger partial charge >= 0.3 is 11.9 Å². The molecular weight excluding hydrogens is 911 g/mol. The van der Waals surface area contributed by atoms with E-state index in [0.29, 0.717) is 17.4 Å². The van der Waals surface area contributed by atoms with E-state index in [1.165, 1.54) is 257 Å². The Morgan fingerprint density at radius 3 is 1.01 bits per heavy atom. The van der Waals surface area contributed by atoms with Gasteiger partial charge in [-0.25, -0.2) is 0 Å². The zero-order valence-corrected chi connectivity index (χ0v) is 49.3. The number of rotatable bonds is 60. The highest BCUT2D eigenvalue weighted by molar-refractivity contribution is 5.70. The van der Waals surface area contributed by atoms with Gasteiger partial charge in [-0.15, -0.1) is 0 Å². The van der Waals surface area contributed by atoms with Crippen LogP contribution in [0.3, 0.4) is 0 Å². The van der Waals surface area contributed by atoms with Crippen LogP contribution in [0.25, 0.3) is 0 Å². The third-order valence-electron chi connectivity index (χ3n) is 14.5. The number of carbonyl (C=O) groups excluding carboxylic acids is 3. The van der Waals surface area contributed by atoms with E-state index in [9.17, 15) is 19.5 Å². The molecule has 432 valence electrons. The maximum Gasteiger partial charge on any atom is 0.306 e. The lowest BCUT2D eigenvalue weighted by molar-refractivity contribution is -0.870. The van der Waals surface area contributed by atoms with Gasteiger partial charge in [0, 0.05) is 12.8 Å². The number of hydrogen-bond acceptors (Lipinski definition) is 8. The van der Waals surface area contributed by atoms with Crippen molar-refractivity contribution in [2.75, 3.05) is 47.5 Å². The van der Waals surface area contributed by atoms with Crippen LogP contribution in [0.5, 0.6) is 0 Å². The molecule has 0 aliphatic rings. The number of carboxylic acid groups (broad SMARTS) is 1. The van der Waals surface area contributed by atoms with Crippen molar-refractivity contribution in [1.29, 1.82) is 0 Å². The average Bonchev–Trinajstić information content (AvgIpc) is 3.36. The Hall–Kier alpha value is -1.97. The first-order valence-electron chi connectivity index (χ1n) is 31.8. The van der Waals surface area contributed by atoms with Crippen LogP contribution in [0.4, 0.5) is 0 Å². The summed E-state index contributed by atoms with van der Waals surface area (Å²) in [5, 5.41) is 11.8. The minimum Gasteiger partial charge on any atom is -0.545 e. The third kappa shape index (κ3) is 57.6. The molecule has 73 heavy (non-hydrogen) atoms. The molecule has 0 amide bonds. The molecule has 2 atom stereocenters. The first kappa shape index (κ1) is 71.0. The van der Waals surface area contributed by atoms with Crippen molar-refractivity contribution in [3.05, 3.63) is 12.2 Å². The van der Waals surface area contributed by atoms with Crippen LogP contribution in [0.15, 0.2) is 12.2 Å². The van der Waals surface area contributed by atoms with E-state index < -0.39 is 24.3 Å². The molecule has 0 spiro atoms. The number of likely N-dealkylation sites (N-methyl/N-ethyl adjacent to an activating group) is 1. The summed E-state index contributed by atoms with van der Waals surface area (Å²) in [6, 6.07) is 0. The highest BCUT2D eigenvalue weighted by Crippen LogP contribution is 2.18. The molecule has 0 aromatic heterocycles. The Morgan fingerprint density at radius 2 is 0.699 bits per heavy atom. The number of ether oxygens (including phenoxy) is 4. The van der Waals surface area contributed by atoms with Gasteiger partial charge < -0.3 is 33.3 Å². The lowest BCUT2D eigenvalue weighted by Gasteiger charge is -2.26. The fourth-order valence-electron chi connectivity index (χ4n) is 9.59. The zero-order chi connectivity index (χ0) is 53.4. The number of carbonyl (C=O) groups is 3. The summed E-state index contributed by atoms with van der Waals surface area (Å²) in [4.78, 5) is 37.2. The number of quaternary nitrogens is 1. The fourth-order valence-corrected chi connectivity index (χ4v) is 9.59. The molecule has 0 saturated carbocycles. The van der Waals surface area contributed by atoms with Crippen molar-refractivity contribution in [1.82, 2.24) is 0 Å². The van der Waals surface area contributed by atoms with Crippen LogP contribution < -0.4 is 5.11 Å². The number of allylic oxidation sites excluding steroid dienone is 2. The van der Waals surface area contributed by atoms with Crippen molar-refractivity contribution < 1.29 is 42.9 Å². The third-order valence-corrected chi connectivity index (χ3v) is 14.5. The average molecular weight is 1030 g/mol. The van der Waals surface area contributed by atoms with Gasteiger partial charge in [0.1, 0.15) is 13.2 Å². The predicted molar refractivity (Wildman–Crippen MR) is 307 cm³/mol. The first-order valence-corrected chi connectivity index (χ1v) is 31.8. The number of carboxylic acids is 1. The quantitative estimate of drug-likeness (QED) is 0.0195. The summed E-state index contributed by atoms with van der Waals surface area (Å²) in [7, 11) is 5.93. The van der Waals surface area contributed by atoms with Crippen molar-refractivity contribution in [2.24, 2.45) is 0 Å². The number of nitrogens with zero attached hydrogens (tertiary/aromatic N) is 1. The van der Waals surface area contributed by atoms with E-state index in [2.05, 4.69) is 26.0 Å². The molecule has 0 rings (SSSR count). The second-order valence-corrected chi connectivity index (χ2v) is 23.1. The molecule has 0 saturated heterocycles. The summed E-state index contributed by atoms with van der Waals surface area (Å²) in [6.45, 7) is 4.80. The smallest absolute Gasteiger partial charge is 0.306 e. The van der Waals surface area contributed by atoms with Gasteiger partial charge in [-0.05, 0) is 38.5 Å². The maximum atomic E-state index is 12.9. The fraction of sp³-hybridized carbons (Fsp3) is 0.922. The highest BCUT2D eigenvalue weighted by Gasteiger charge is 2.22. The summed E-state index contributed by atoms with van der Waals surface area (Å²) < 4.78 is 22.7. The molecular formula is C64H123NO8.